The van der Waals surface area contributed by atoms with Crippen molar-refractivity contribution in [2.45, 2.75) is 58.5 Å². The summed E-state index contributed by atoms with van der Waals surface area (Å²) in [5.41, 5.74) is 0.568. The molecule has 0 amide bonds. The largest absolute Gasteiger partial charge is 0.311 e. The SMILES string of the molecule is CC(CCN(C)C)NC1CCC(C)(C)C1. The maximum atomic E-state index is 3.76. The van der Waals surface area contributed by atoms with Gasteiger partial charge in [-0.15, -0.1) is 0 Å². The van der Waals surface area contributed by atoms with Gasteiger partial charge in [0, 0.05) is 12.1 Å². The van der Waals surface area contributed by atoms with Gasteiger partial charge in [-0.05, 0) is 58.7 Å². The molecule has 0 aromatic rings. The van der Waals surface area contributed by atoms with Crippen molar-refractivity contribution in [2.24, 2.45) is 5.41 Å². The van der Waals surface area contributed by atoms with E-state index in [1.54, 1.807) is 0 Å². The minimum absolute atomic E-state index is 0.568. The highest BCUT2D eigenvalue weighted by molar-refractivity contribution is 4.87. The minimum Gasteiger partial charge on any atom is -0.311 e. The van der Waals surface area contributed by atoms with E-state index >= 15 is 0 Å². The van der Waals surface area contributed by atoms with Crippen molar-refractivity contribution in [3.05, 3.63) is 0 Å². The molecule has 90 valence electrons. The molecular formula is C13H28N2. The molecule has 0 saturated heterocycles. The van der Waals surface area contributed by atoms with Gasteiger partial charge < -0.3 is 10.2 Å². The first kappa shape index (κ1) is 13.0. The Morgan fingerprint density at radius 2 is 2.07 bits per heavy atom. The smallest absolute Gasteiger partial charge is 0.00748 e. The number of hydrogen-bond donors (Lipinski definition) is 1. The fourth-order valence-electron chi connectivity index (χ4n) is 2.52. The van der Waals surface area contributed by atoms with E-state index in [1.165, 1.54) is 32.2 Å². The van der Waals surface area contributed by atoms with E-state index < -0.39 is 0 Å². The van der Waals surface area contributed by atoms with Crippen molar-refractivity contribution in [3.8, 4) is 0 Å². The van der Waals surface area contributed by atoms with Gasteiger partial charge in [-0.3, -0.25) is 0 Å². The number of hydrogen-bond acceptors (Lipinski definition) is 2. The van der Waals surface area contributed by atoms with Crippen LogP contribution >= 0.6 is 0 Å². The molecule has 1 N–H and O–H groups in total. The summed E-state index contributed by atoms with van der Waals surface area (Å²) in [6.45, 7) is 8.28. The van der Waals surface area contributed by atoms with Gasteiger partial charge in [0.1, 0.15) is 0 Å². The Morgan fingerprint density at radius 3 is 2.53 bits per heavy atom. The zero-order valence-corrected chi connectivity index (χ0v) is 11.1. The third-order valence-corrected chi connectivity index (χ3v) is 3.50. The summed E-state index contributed by atoms with van der Waals surface area (Å²) in [7, 11) is 4.29. The van der Waals surface area contributed by atoms with Crippen LogP contribution in [0, 0.1) is 5.41 Å². The molecule has 1 saturated carbocycles. The van der Waals surface area contributed by atoms with E-state index in [2.05, 4.69) is 45.1 Å². The first-order valence-electron chi connectivity index (χ1n) is 6.30. The van der Waals surface area contributed by atoms with E-state index in [0.717, 1.165) is 6.04 Å². The Kier molecular flexibility index (Phi) is 4.60. The second kappa shape index (κ2) is 5.31. The summed E-state index contributed by atoms with van der Waals surface area (Å²) in [5, 5.41) is 3.76. The molecule has 1 rings (SSSR count). The summed E-state index contributed by atoms with van der Waals surface area (Å²) in [6, 6.07) is 1.42. The van der Waals surface area contributed by atoms with E-state index in [4.69, 9.17) is 0 Å². The van der Waals surface area contributed by atoms with Crippen LogP contribution in [0.25, 0.3) is 0 Å². The Hall–Kier alpha value is -0.0800. The van der Waals surface area contributed by atoms with Crippen molar-refractivity contribution < 1.29 is 0 Å². The van der Waals surface area contributed by atoms with Gasteiger partial charge in [0.15, 0.2) is 0 Å². The lowest BCUT2D eigenvalue weighted by molar-refractivity contribution is 0.329. The second-order valence-electron chi connectivity index (χ2n) is 6.26. The van der Waals surface area contributed by atoms with Gasteiger partial charge in [0.05, 0.1) is 0 Å². The van der Waals surface area contributed by atoms with E-state index in [1.807, 2.05) is 0 Å². The van der Waals surface area contributed by atoms with Gasteiger partial charge in [-0.1, -0.05) is 13.8 Å². The van der Waals surface area contributed by atoms with Gasteiger partial charge in [0.2, 0.25) is 0 Å². The molecule has 0 aliphatic heterocycles. The molecule has 1 aliphatic rings. The molecule has 2 atom stereocenters. The summed E-state index contributed by atoms with van der Waals surface area (Å²) in [5.74, 6) is 0. The number of rotatable bonds is 5. The van der Waals surface area contributed by atoms with Crippen LogP contribution in [0.5, 0.6) is 0 Å². The van der Waals surface area contributed by atoms with Crippen molar-refractivity contribution >= 4 is 0 Å². The lowest BCUT2D eigenvalue weighted by atomic mass is 9.92. The van der Waals surface area contributed by atoms with Gasteiger partial charge in [0.25, 0.3) is 0 Å². The average molecular weight is 212 g/mol. The van der Waals surface area contributed by atoms with Crippen LogP contribution in [0.1, 0.15) is 46.5 Å². The molecule has 2 heteroatoms. The van der Waals surface area contributed by atoms with Crippen molar-refractivity contribution in [1.82, 2.24) is 10.2 Å². The predicted molar refractivity (Wildman–Crippen MR) is 67.2 cm³/mol. The Bertz CT molecular complexity index is 187. The average Bonchev–Trinajstić information content (AvgIpc) is 2.42. The van der Waals surface area contributed by atoms with Crippen LogP contribution in [0.15, 0.2) is 0 Å². The highest BCUT2D eigenvalue weighted by atomic mass is 15.1. The van der Waals surface area contributed by atoms with E-state index in [9.17, 15) is 0 Å². The quantitative estimate of drug-likeness (QED) is 0.753. The molecule has 2 nitrogen and oxygen atoms in total. The van der Waals surface area contributed by atoms with Crippen molar-refractivity contribution in [2.75, 3.05) is 20.6 Å². The van der Waals surface area contributed by atoms with Crippen LogP contribution in [0.2, 0.25) is 0 Å². The molecular weight excluding hydrogens is 184 g/mol. The molecule has 1 fully saturated rings. The fourth-order valence-corrected chi connectivity index (χ4v) is 2.52. The lowest BCUT2D eigenvalue weighted by Crippen LogP contribution is -2.37. The van der Waals surface area contributed by atoms with Crippen LogP contribution in [0.3, 0.4) is 0 Å². The van der Waals surface area contributed by atoms with Crippen LogP contribution in [-0.2, 0) is 0 Å². The molecule has 0 spiro atoms. The third kappa shape index (κ3) is 4.98. The highest BCUT2D eigenvalue weighted by Crippen LogP contribution is 2.37. The fraction of sp³-hybridized carbons (Fsp3) is 1.00. The number of nitrogens with one attached hydrogen (secondary N) is 1. The molecule has 15 heavy (non-hydrogen) atoms. The topological polar surface area (TPSA) is 15.3 Å². The monoisotopic (exact) mass is 212 g/mol. The lowest BCUT2D eigenvalue weighted by Gasteiger charge is -2.22. The highest BCUT2D eigenvalue weighted by Gasteiger charge is 2.31. The summed E-state index contributed by atoms with van der Waals surface area (Å²) in [6.07, 6.45) is 5.34. The zero-order valence-electron chi connectivity index (χ0n) is 11.1. The predicted octanol–water partition coefficient (Wildman–Crippen LogP) is 2.49. The van der Waals surface area contributed by atoms with Crippen LogP contribution in [0.4, 0.5) is 0 Å². The first-order chi connectivity index (χ1) is 6.89. The maximum Gasteiger partial charge on any atom is 0.00748 e. The van der Waals surface area contributed by atoms with Gasteiger partial charge >= 0.3 is 0 Å². The van der Waals surface area contributed by atoms with E-state index in [-0.39, 0.29) is 0 Å². The molecule has 1 aliphatic carbocycles. The second-order valence-corrected chi connectivity index (χ2v) is 6.26. The van der Waals surface area contributed by atoms with Crippen molar-refractivity contribution in [1.29, 1.82) is 0 Å². The standard InChI is InChI=1S/C13H28N2/c1-11(7-9-15(4)5)14-12-6-8-13(2,3)10-12/h11-12,14H,6-10H2,1-5H3. The van der Waals surface area contributed by atoms with Gasteiger partial charge in [-0.2, -0.15) is 0 Å². The minimum atomic E-state index is 0.568. The van der Waals surface area contributed by atoms with Crippen LogP contribution in [-0.4, -0.2) is 37.6 Å². The molecule has 0 aromatic heterocycles. The molecule has 0 radical (unpaired) electrons. The van der Waals surface area contributed by atoms with Gasteiger partial charge in [-0.25, -0.2) is 0 Å². The number of nitrogens with zero attached hydrogens (tertiary/aromatic N) is 1. The summed E-state index contributed by atoms with van der Waals surface area (Å²) >= 11 is 0. The third-order valence-electron chi connectivity index (χ3n) is 3.50. The van der Waals surface area contributed by atoms with Crippen LogP contribution < -0.4 is 5.32 Å². The summed E-state index contributed by atoms with van der Waals surface area (Å²) in [4.78, 5) is 2.26. The first-order valence-corrected chi connectivity index (χ1v) is 6.30. The normalized spacial score (nSPS) is 27.2. The van der Waals surface area contributed by atoms with E-state index in [0.29, 0.717) is 11.5 Å². The Labute approximate surface area is 95.4 Å². The zero-order chi connectivity index (χ0) is 11.5. The molecule has 0 heterocycles. The summed E-state index contributed by atoms with van der Waals surface area (Å²) < 4.78 is 0. The Morgan fingerprint density at radius 1 is 1.40 bits per heavy atom. The molecule has 2 unspecified atom stereocenters. The maximum absolute atomic E-state index is 3.76. The van der Waals surface area contributed by atoms with Crippen molar-refractivity contribution in [3.63, 3.8) is 0 Å². The molecule has 0 aromatic carbocycles. The molecule has 0 bridgehead atoms. The Balaban J connectivity index is 2.19.